The van der Waals surface area contributed by atoms with Gasteiger partial charge in [-0.25, -0.2) is 4.39 Å². The van der Waals surface area contributed by atoms with Crippen LogP contribution in [0.4, 0.5) is 4.39 Å². The zero-order valence-electron chi connectivity index (χ0n) is 8.86. The minimum absolute atomic E-state index is 0.525. The van der Waals surface area contributed by atoms with Gasteiger partial charge in [-0.1, -0.05) is 18.2 Å². The molecule has 82 valence electrons. The summed E-state index contributed by atoms with van der Waals surface area (Å²) in [5.41, 5.74) is 0. The smallest absolute Gasteiger partial charge is 0.100 e. The number of rotatable bonds is 3. The molecule has 2 heteroatoms. The van der Waals surface area contributed by atoms with Crippen LogP contribution in [0, 0.1) is 5.92 Å². The van der Waals surface area contributed by atoms with E-state index in [2.05, 4.69) is 24.3 Å². The van der Waals surface area contributed by atoms with Crippen LogP contribution < -0.4 is 0 Å². The summed E-state index contributed by atoms with van der Waals surface area (Å²) in [6, 6.07) is 10.5. The van der Waals surface area contributed by atoms with Crippen molar-refractivity contribution in [1.82, 2.24) is 0 Å². The Bertz CT molecular complexity index is 278. The highest BCUT2D eigenvalue weighted by molar-refractivity contribution is 7.99. The Morgan fingerprint density at radius 2 is 1.73 bits per heavy atom. The molecule has 1 aromatic rings. The second-order valence-electron chi connectivity index (χ2n) is 4.24. The van der Waals surface area contributed by atoms with Crippen molar-refractivity contribution in [3.63, 3.8) is 0 Å². The molecule has 1 fully saturated rings. The number of benzene rings is 1. The molecule has 0 radical (unpaired) electrons. The van der Waals surface area contributed by atoms with Gasteiger partial charge in [-0.05, 0) is 43.7 Å². The summed E-state index contributed by atoms with van der Waals surface area (Å²) in [7, 11) is 0. The van der Waals surface area contributed by atoms with Crippen LogP contribution >= 0.6 is 11.8 Å². The van der Waals surface area contributed by atoms with Crippen molar-refractivity contribution in [3.05, 3.63) is 30.3 Å². The highest BCUT2D eigenvalue weighted by Crippen LogP contribution is 2.31. The van der Waals surface area contributed by atoms with Crippen LogP contribution in [-0.4, -0.2) is 11.9 Å². The van der Waals surface area contributed by atoms with Crippen LogP contribution in [0.2, 0.25) is 0 Å². The van der Waals surface area contributed by atoms with Gasteiger partial charge in [-0.3, -0.25) is 0 Å². The number of hydrogen-bond donors (Lipinski definition) is 0. The molecule has 0 bridgehead atoms. The van der Waals surface area contributed by atoms with Gasteiger partial charge in [0.05, 0.1) is 0 Å². The topological polar surface area (TPSA) is 0 Å². The van der Waals surface area contributed by atoms with Gasteiger partial charge in [0.25, 0.3) is 0 Å². The van der Waals surface area contributed by atoms with Crippen LogP contribution in [0.25, 0.3) is 0 Å². The first-order valence-electron chi connectivity index (χ1n) is 5.66. The third-order valence-corrected chi connectivity index (χ3v) is 4.25. The zero-order valence-corrected chi connectivity index (χ0v) is 9.68. The third kappa shape index (κ3) is 3.53. The molecule has 1 saturated carbocycles. The SMILES string of the molecule is FC1CCC(CSc2ccccc2)CC1. The zero-order chi connectivity index (χ0) is 10.5. The van der Waals surface area contributed by atoms with Crippen molar-refractivity contribution in [2.45, 2.75) is 36.8 Å². The van der Waals surface area contributed by atoms with Crippen molar-refractivity contribution in [2.75, 3.05) is 5.75 Å². The molecule has 0 nitrogen and oxygen atoms in total. The largest absolute Gasteiger partial charge is 0.247 e. The molecule has 0 amide bonds. The molecule has 1 aliphatic rings. The van der Waals surface area contributed by atoms with Gasteiger partial charge in [0.15, 0.2) is 0 Å². The predicted molar refractivity (Wildman–Crippen MR) is 64.0 cm³/mol. The lowest BCUT2D eigenvalue weighted by molar-refractivity contribution is 0.217. The van der Waals surface area contributed by atoms with E-state index in [1.807, 2.05) is 17.8 Å². The maximum Gasteiger partial charge on any atom is 0.100 e. The van der Waals surface area contributed by atoms with E-state index in [4.69, 9.17) is 0 Å². The highest BCUT2D eigenvalue weighted by atomic mass is 32.2. The van der Waals surface area contributed by atoms with E-state index >= 15 is 0 Å². The van der Waals surface area contributed by atoms with Crippen molar-refractivity contribution < 1.29 is 4.39 Å². The van der Waals surface area contributed by atoms with Crippen LogP contribution in [0.15, 0.2) is 35.2 Å². The fraction of sp³-hybridized carbons (Fsp3) is 0.538. The van der Waals surface area contributed by atoms with E-state index in [1.165, 1.54) is 4.90 Å². The van der Waals surface area contributed by atoms with Crippen molar-refractivity contribution in [3.8, 4) is 0 Å². The second kappa shape index (κ2) is 5.55. The lowest BCUT2D eigenvalue weighted by Gasteiger charge is -2.23. The Balaban J connectivity index is 1.74. The number of halogens is 1. The number of alkyl halides is 1. The van der Waals surface area contributed by atoms with Crippen LogP contribution in [0.5, 0.6) is 0 Å². The molecule has 15 heavy (non-hydrogen) atoms. The molecule has 0 N–H and O–H groups in total. The minimum atomic E-state index is -0.525. The van der Waals surface area contributed by atoms with E-state index in [1.54, 1.807) is 0 Å². The molecule has 0 atom stereocenters. The Hall–Kier alpha value is -0.500. The quantitative estimate of drug-likeness (QED) is 0.689. The first-order valence-corrected chi connectivity index (χ1v) is 6.65. The first-order chi connectivity index (χ1) is 7.34. The van der Waals surface area contributed by atoms with Gasteiger partial charge in [0.2, 0.25) is 0 Å². The Morgan fingerprint density at radius 3 is 2.40 bits per heavy atom. The van der Waals surface area contributed by atoms with Crippen LogP contribution in [0.1, 0.15) is 25.7 Å². The minimum Gasteiger partial charge on any atom is -0.247 e. The van der Waals surface area contributed by atoms with E-state index in [0.717, 1.165) is 37.4 Å². The van der Waals surface area contributed by atoms with Crippen molar-refractivity contribution in [2.24, 2.45) is 5.92 Å². The lowest BCUT2D eigenvalue weighted by atomic mass is 9.90. The van der Waals surface area contributed by atoms with Crippen LogP contribution in [-0.2, 0) is 0 Å². The fourth-order valence-corrected chi connectivity index (χ4v) is 3.13. The Labute approximate surface area is 95.3 Å². The van der Waals surface area contributed by atoms with Crippen LogP contribution in [0.3, 0.4) is 0 Å². The molecule has 1 aliphatic carbocycles. The standard InChI is InChI=1S/C13H17FS/c14-12-8-6-11(7-9-12)10-15-13-4-2-1-3-5-13/h1-5,11-12H,6-10H2. The molecule has 1 aromatic carbocycles. The average molecular weight is 224 g/mol. The maximum atomic E-state index is 12.9. The van der Waals surface area contributed by atoms with Gasteiger partial charge in [0.1, 0.15) is 6.17 Å². The first kappa shape index (κ1) is 11.0. The normalized spacial score (nSPS) is 26.5. The average Bonchev–Trinajstić information content (AvgIpc) is 2.30. The lowest BCUT2D eigenvalue weighted by Crippen LogP contribution is -2.16. The molecule has 0 unspecified atom stereocenters. The summed E-state index contributed by atoms with van der Waals surface area (Å²) in [5, 5.41) is 0. The van der Waals surface area contributed by atoms with Gasteiger partial charge >= 0.3 is 0 Å². The van der Waals surface area contributed by atoms with Crippen molar-refractivity contribution >= 4 is 11.8 Å². The molecule has 2 rings (SSSR count). The van der Waals surface area contributed by atoms with E-state index < -0.39 is 6.17 Å². The van der Waals surface area contributed by atoms with Gasteiger partial charge < -0.3 is 0 Å². The third-order valence-electron chi connectivity index (χ3n) is 3.01. The van der Waals surface area contributed by atoms with Gasteiger partial charge in [0, 0.05) is 10.6 Å². The molecule has 0 aliphatic heterocycles. The molecular formula is C13H17FS. The van der Waals surface area contributed by atoms with Gasteiger partial charge in [-0.2, -0.15) is 0 Å². The molecule has 0 heterocycles. The molecular weight excluding hydrogens is 207 g/mol. The predicted octanol–water partition coefficient (Wildman–Crippen LogP) is 4.31. The Kier molecular flexibility index (Phi) is 4.07. The molecule has 0 saturated heterocycles. The van der Waals surface area contributed by atoms with Gasteiger partial charge in [-0.15, -0.1) is 11.8 Å². The van der Waals surface area contributed by atoms with E-state index in [0.29, 0.717) is 0 Å². The fourth-order valence-electron chi connectivity index (χ4n) is 2.02. The molecule has 0 aromatic heterocycles. The number of hydrogen-bond acceptors (Lipinski definition) is 1. The summed E-state index contributed by atoms with van der Waals surface area (Å²) >= 11 is 1.91. The summed E-state index contributed by atoms with van der Waals surface area (Å²) in [4.78, 5) is 1.33. The summed E-state index contributed by atoms with van der Waals surface area (Å²) < 4.78 is 12.9. The monoisotopic (exact) mass is 224 g/mol. The maximum absolute atomic E-state index is 12.9. The van der Waals surface area contributed by atoms with E-state index in [-0.39, 0.29) is 0 Å². The summed E-state index contributed by atoms with van der Waals surface area (Å²) in [6.45, 7) is 0. The number of thioether (sulfide) groups is 1. The second-order valence-corrected chi connectivity index (χ2v) is 5.34. The van der Waals surface area contributed by atoms with Crippen molar-refractivity contribution in [1.29, 1.82) is 0 Å². The highest BCUT2D eigenvalue weighted by Gasteiger charge is 2.20. The Morgan fingerprint density at radius 1 is 1.07 bits per heavy atom. The summed E-state index contributed by atoms with van der Waals surface area (Å²) in [6.07, 6.45) is 3.17. The summed E-state index contributed by atoms with van der Waals surface area (Å²) in [5.74, 6) is 1.87. The van der Waals surface area contributed by atoms with E-state index in [9.17, 15) is 4.39 Å². The molecule has 0 spiro atoms.